The fourth-order valence-electron chi connectivity index (χ4n) is 0.587. The molecule has 3 heteroatoms. The molecule has 12 heavy (non-hydrogen) atoms. The van der Waals surface area contributed by atoms with Crippen LogP contribution in [0.3, 0.4) is 0 Å². The Morgan fingerprint density at radius 3 is 2.58 bits per heavy atom. The van der Waals surface area contributed by atoms with Gasteiger partial charge in [0.15, 0.2) is 0 Å². The molecule has 0 rings (SSSR count). The molecule has 0 fully saturated rings. The van der Waals surface area contributed by atoms with Gasteiger partial charge < -0.3 is 10.1 Å². The van der Waals surface area contributed by atoms with Gasteiger partial charge in [-0.05, 0) is 27.3 Å². The molecule has 2 atom stereocenters. The maximum atomic E-state index is 8.78. The molecule has 0 amide bonds. The van der Waals surface area contributed by atoms with E-state index >= 15 is 0 Å². The Morgan fingerprint density at radius 1 is 1.67 bits per heavy atom. The molecule has 0 aliphatic carbocycles. The van der Waals surface area contributed by atoms with Gasteiger partial charge in [0.1, 0.15) is 5.54 Å². The summed E-state index contributed by atoms with van der Waals surface area (Å²) in [5, 5.41) is 11.7. The van der Waals surface area contributed by atoms with E-state index in [1.807, 2.05) is 13.8 Å². The van der Waals surface area contributed by atoms with Crippen molar-refractivity contribution in [2.75, 3.05) is 13.7 Å². The Hall–Kier alpha value is -0.590. The second-order valence-corrected chi connectivity index (χ2v) is 3.22. The number of nitrogens with zero attached hydrogens (tertiary/aromatic N) is 1. The first-order chi connectivity index (χ1) is 5.58. The molecule has 0 aromatic carbocycles. The Balaban J connectivity index is 3.83. The number of rotatable bonds is 5. The van der Waals surface area contributed by atoms with Gasteiger partial charge in [0.25, 0.3) is 0 Å². The maximum absolute atomic E-state index is 8.78. The molecule has 70 valence electrons. The van der Waals surface area contributed by atoms with Crippen molar-refractivity contribution in [3.63, 3.8) is 0 Å². The fraction of sp³-hybridized carbons (Fsp3) is 0.889. The zero-order valence-corrected chi connectivity index (χ0v) is 8.35. The Bertz CT molecular complexity index is 164. The highest BCUT2D eigenvalue weighted by atomic mass is 16.5. The minimum atomic E-state index is -0.552. The van der Waals surface area contributed by atoms with E-state index in [0.717, 1.165) is 6.42 Å². The van der Waals surface area contributed by atoms with Crippen molar-refractivity contribution in [1.29, 1.82) is 5.26 Å². The van der Waals surface area contributed by atoms with Crippen LogP contribution in [0.2, 0.25) is 0 Å². The third-order valence-electron chi connectivity index (χ3n) is 2.03. The van der Waals surface area contributed by atoms with Gasteiger partial charge in [0.05, 0.1) is 18.8 Å². The zero-order valence-electron chi connectivity index (χ0n) is 8.35. The summed E-state index contributed by atoms with van der Waals surface area (Å²) in [5.41, 5.74) is -0.552. The normalized spacial score (nSPS) is 17.9. The SMILES string of the molecule is CCC(C)OCC(C)(C#N)NC. The van der Waals surface area contributed by atoms with E-state index in [9.17, 15) is 0 Å². The molecule has 0 radical (unpaired) electrons. The number of hydrogen-bond donors (Lipinski definition) is 1. The third-order valence-corrected chi connectivity index (χ3v) is 2.03. The predicted molar refractivity (Wildman–Crippen MR) is 48.8 cm³/mol. The molecule has 2 unspecified atom stereocenters. The minimum absolute atomic E-state index is 0.228. The van der Waals surface area contributed by atoms with E-state index in [-0.39, 0.29) is 6.10 Å². The van der Waals surface area contributed by atoms with E-state index in [2.05, 4.69) is 18.3 Å². The summed E-state index contributed by atoms with van der Waals surface area (Å²) in [5.74, 6) is 0. The molecule has 0 heterocycles. The van der Waals surface area contributed by atoms with E-state index in [0.29, 0.717) is 6.61 Å². The summed E-state index contributed by atoms with van der Waals surface area (Å²) in [4.78, 5) is 0. The lowest BCUT2D eigenvalue weighted by Gasteiger charge is -2.22. The summed E-state index contributed by atoms with van der Waals surface area (Å²) >= 11 is 0. The standard InChI is InChI=1S/C9H18N2O/c1-5-8(2)12-7-9(3,6-10)11-4/h8,11H,5,7H2,1-4H3. The average Bonchev–Trinajstić information content (AvgIpc) is 2.13. The number of hydrogen-bond acceptors (Lipinski definition) is 3. The lowest BCUT2D eigenvalue weighted by atomic mass is 10.1. The van der Waals surface area contributed by atoms with Crippen LogP contribution in [-0.2, 0) is 4.74 Å². The van der Waals surface area contributed by atoms with Crippen molar-refractivity contribution >= 4 is 0 Å². The average molecular weight is 170 g/mol. The highest BCUT2D eigenvalue weighted by Gasteiger charge is 2.21. The van der Waals surface area contributed by atoms with Crippen LogP contribution in [0.25, 0.3) is 0 Å². The van der Waals surface area contributed by atoms with Gasteiger partial charge in [0.2, 0.25) is 0 Å². The molecule has 0 saturated carbocycles. The van der Waals surface area contributed by atoms with Crippen LogP contribution < -0.4 is 5.32 Å². The van der Waals surface area contributed by atoms with Crippen LogP contribution in [0.15, 0.2) is 0 Å². The Labute approximate surface area is 74.7 Å². The molecule has 0 aliphatic heterocycles. The van der Waals surface area contributed by atoms with Gasteiger partial charge in [0, 0.05) is 0 Å². The first-order valence-corrected chi connectivity index (χ1v) is 4.29. The molecule has 0 aliphatic rings. The fourth-order valence-corrected chi connectivity index (χ4v) is 0.587. The van der Waals surface area contributed by atoms with Crippen molar-refractivity contribution in [3.8, 4) is 6.07 Å². The molecule has 1 N–H and O–H groups in total. The molecular formula is C9H18N2O. The van der Waals surface area contributed by atoms with Crippen molar-refractivity contribution in [2.24, 2.45) is 0 Å². The minimum Gasteiger partial charge on any atom is -0.375 e. The number of ether oxygens (including phenoxy) is 1. The molecule has 0 aromatic rings. The second-order valence-electron chi connectivity index (χ2n) is 3.22. The number of likely N-dealkylation sites (N-methyl/N-ethyl adjacent to an activating group) is 1. The largest absolute Gasteiger partial charge is 0.375 e. The van der Waals surface area contributed by atoms with E-state index in [4.69, 9.17) is 10.00 Å². The van der Waals surface area contributed by atoms with Crippen molar-refractivity contribution in [2.45, 2.75) is 38.8 Å². The number of nitrogens with one attached hydrogen (secondary N) is 1. The molecule has 0 saturated heterocycles. The van der Waals surface area contributed by atoms with Crippen LogP contribution in [0.4, 0.5) is 0 Å². The van der Waals surface area contributed by atoms with Gasteiger partial charge in [-0.3, -0.25) is 0 Å². The molecule has 3 nitrogen and oxygen atoms in total. The summed E-state index contributed by atoms with van der Waals surface area (Å²) in [7, 11) is 1.77. The van der Waals surface area contributed by atoms with Crippen LogP contribution >= 0.6 is 0 Å². The van der Waals surface area contributed by atoms with Crippen LogP contribution in [-0.4, -0.2) is 25.3 Å². The third kappa shape index (κ3) is 3.70. The second kappa shape index (κ2) is 5.13. The maximum Gasteiger partial charge on any atom is 0.127 e. The number of nitriles is 1. The lowest BCUT2D eigenvalue weighted by Crippen LogP contribution is -2.43. The van der Waals surface area contributed by atoms with Gasteiger partial charge in [-0.2, -0.15) is 5.26 Å². The van der Waals surface area contributed by atoms with Crippen LogP contribution in [0.5, 0.6) is 0 Å². The van der Waals surface area contributed by atoms with Crippen LogP contribution in [0.1, 0.15) is 27.2 Å². The first-order valence-electron chi connectivity index (χ1n) is 4.29. The molecule has 0 spiro atoms. The quantitative estimate of drug-likeness (QED) is 0.676. The van der Waals surface area contributed by atoms with Crippen LogP contribution in [0, 0.1) is 11.3 Å². The lowest BCUT2D eigenvalue weighted by molar-refractivity contribution is 0.0378. The monoisotopic (exact) mass is 170 g/mol. The Kier molecular flexibility index (Phi) is 4.87. The molecule has 0 aromatic heterocycles. The smallest absolute Gasteiger partial charge is 0.127 e. The van der Waals surface area contributed by atoms with Gasteiger partial charge in [-0.1, -0.05) is 6.92 Å². The van der Waals surface area contributed by atoms with Crippen molar-refractivity contribution in [1.82, 2.24) is 5.32 Å². The topological polar surface area (TPSA) is 45.0 Å². The molecule has 0 bridgehead atoms. The van der Waals surface area contributed by atoms with Crippen molar-refractivity contribution < 1.29 is 4.74 Å². The van der Waals surface area contributed by atoms with Gasteiger partial charge >= 0.3 is 0 Å². The highest BCUT2D eigenvalue weighted by molar-refractivity contribution is 5.03. The zero-order chi connectivity index (χ0) is 9.61. The highest BCUT2D eigenvalue weighted by Crippen LogP contribution is 2.05. The Morgan fingerprint density at radius 2 is 2.25 bits per heavy atom. The van der Waals surface area contributed by atoms with E-state index in [1.54, 1.807) is 7.05 Å². The van der Waals surface area contributed by atoms with Gasteiger partial charge in [-0.15, -0.1) is 0 Å². The van der Waals surface area contributed by atoms with E-state index < -0.39 is 5.54 Å². The van der Waals surface area contributed by atoms with Gasteiger partial charge in [-0.25, -0.2) is 0 Å². The summed E-state index contributed by atoms with van der Waals surface area (Å²) in [6.07, 6.45) is 1.21. The summed E-state index contributed by atoms with van der Waals surface area (Å²) in [6.45, 7) is 6.34. The molecular weight excluding hydrogens is 152 g/mol. The predicted octanol–water partition coefficient (Wildman–Crippen LogP) is 1.30. The summed E-state index contributed by atoms with van der Waals surface area (Å²) in [6, 6.07) is 2.17. The summed E-state index contributed by atoms with van der Waals surface area (Å²) < 4.78 is 5.45. The van der Waals surface area contributed by atoms with E-state index in [1.165, 1.54) is 0 Å². The first kappa shape index (κ1) is 11.4. The van der Waals surface area contributed by atoms with Crippen molar-refractivity contribution in [3.05, 3.63) is 0 Å².